The molecule has 1 aliphatic heterocycles. The lowest BCUT2D eigenvalue weighted by Gasteiger charge is -2.44. The summed E-state index contributed by atoms with van der Waals surface area (Å²) in [6, 6.07) is -1.49. The first-order valence-corrected chi connectivity index (χ1v) is 7.50. The molecule has 1 saturated heterocycles. The van der Waals surface area contributed by atoms with Gasteiger partial charge in [-0.05, 0) is 26.2 Å². The van der Waals surface area contributed by atoms with Crippen LogP contribution in [0.3, 0.4) is 0 Å². The van der Waals surface area contributed by atoms with E-state index in [-0.39, 0.29) is 18.2 Å². The summed E-state index contributed by atoms with van der Waals surface area (Å²) in [6.45, 7) is 1.86. The molecule has 8 nitrogen and oxygen atoms in total. The third-order valence-electron chi connectivity index (χ3n) is 4.41. The Labute approximate surface area is 124 Å². The minimum Gasteiger partial charge on any atom is -0.389 e. The van der Waals surface area contributed by atoms with Crippen LogP contribution in [0, 0.1) is 0 Å². The van der Waals surface area contributed by atoms with Gasteiger partial charge in [0.2, 0.25) is 0 Å². The van der Waals surface area contributed by atoms with Gasteiger partial charge in [0.15, 0.2) is 6.29 Å². The molecule has 0 unspecified atom stereocenters. The van der Waals surface area contributed by atoms with Crippen LogP contribution in [-0.2, 0) is 9.47 Å². The maximum atomic E-state index is 10.1. The highest BCUT2D eigenvalue weighted by Gasteiger charge is 2.44. The van der Waals surface area contributed by atoms with Crippen LogP contribution in [0.5, 0.6) is 0 Å². The molecular formula is C13H28N4O4. The van der Waals surface area contributed by atoms with Gasteiger partial charge >= 0.3 is 0 Å². The van der Waals surface area contributed by atoms with Gasteiger partial charge in [-0.2, -0.15) is 0 Å². The van der Waals surface area contributed by atoms with Crippen molar-refractivity contribution >= 4 is 0 Å². The first-order valence-electron chi connectivity index (χ1n) is 7.50. The number of aliphatic hydroxyl groups is 2. The van der Waals surface area contributed by atoms with Crippen LogP contribution < -0.4 is 22.9 Å². The summed E-state index contributed by atoms with van der Waals surface area (Å²) in [5, 5.41) is 20.0. The second kappa shape index (κ2) is 6.84. The van der Waals surface area contributed by atoms with E-state index >= 15 is 0 Å². The summed E-state index contributed by atoms with van der Waals surface area (Å²) in [7, 11) is 0. The summed E-state index contributed by atoms with van der Waals surface area (Å²) in [5.74, 6) is 0. The van der Waals surface area contributed by atoms with Gasteiger partial charge in [0, 0.05) is 18.1 Å². The lowest BCUT2D eigenvalue weighted by Crippen LogP contribution is -2.64. The van der Waals surface area contributed by atoms with Crippen molar-refractivity contribution in [2.45, 2.75) is 81.1 Å². The van der Waals surface area contributed by atoms with Crippen molar-refractivity contribution in [1.82, 2.24) is 0 Å². The van der Waals surface area contributed by atoms with Gasteiger partial charge < -0.3 is 42.6 Å². The second-order valence-electron chi connectivity index (χ2n) is 6.29. The number of hydrogen-bond donors (Lipinski definition) is 6. The third kappa shape index (κ3) is 3.72. The first kappa shape index (κ1) is 17.0. The highest BCUT2D eigenvalue weighted by atomic mass is 16.7. The largest absolute Gasteiger partial charge is 0.389 e. The monoisotopic (exact) mass is 304 g/mol. The summed E-state index contributed by atoms with van der Waals surface area (Å²) in [5.41, 5.74) is 23.6. The van der Waals surface area contributed by atoms with E-state index in [1.54, 1.807) is 0 Å². The summed E-state index contributed by atoms with van der Waals surface area (Å²) < 4.78 is 11.5. The lowest BCUT2D eigenvalue weighted by molar-refractivity contribution is -0.255. The van der Waals surface area contributed by atoms with Crippen LogP contribution in [0.15, 0.2) is 0 Å². The SMILES string of the molecule is C[C@H](N)[C@@H]1CC[C@@H](N)[C@@H](O[C@H]2[C@H](O)[C@@H](O)[C@H](N)C[C@@H]2N)O1. The normalized spacial score (nSPS) is 49.9. The predicted molar refractivity (Wildman–Crippen MR) is 77.0 cm³/mol. The molecule has 0 aromatic rings. The number of hydrogen-bond acceptors (Lipinski definition) is 8. The van der Waals surface area contributed by atoms with Gasteiger partial charge in [-0.15, -0.1) is 0 Å². The smallest absolute Gasteiger partial charge is 0.173 e. The molecule has 1 aliphatic carbocycles. The number of rotatable bonds is 3. The number of ether oxygens (including phenoxy) is 2. The molecular weight excluding hydrogens is 276 g/mol. The van der Waals surface area contributed by atoms with Crippen molar-refractivity contribution in [3.8, 4) is 0 Å². The fourth-order valence-corrected chi connectivity index (χ4v) is 2.98. The fraction of sp³-hybridized carbons (Fsp3) is 1.00. The Hall–Kier alpha value is -0.320. The number of nitrogens with two attached hydrogens (primary N) is 4. The Morgan fingerprint density at radius 1 is 1.05 bits per heavy atom. The molecule has 21 heavy (non-hydrogen) atoms. The average molecular weight is 304 g/mol. The van der Waals surface area contributed by atoms with E-state index in [4.69, 9.17) is 32.4 Å². The first-order chi connectivity index (χ1) is 9.81. The highest BCUT2D eigenvalue weighted by Crippen LogP contribution is 2.27. The standard InChI is InChI=1S/C13H28N4O4/c1-5(14)9-3-2-6(15)13(20-9)21-12-8(17)4-7(16)10(18)11(12)19/h5-13,18-19H,2-4,14-17H2,1H3/t5-,6+,7+,8-,9-,10-,11+,12+,13+/m0/s1. The summed E-state index contributed by atoms with van der Waals surface area (Å²) in [6.07, 6.45) is -1.97. The Morgan fingerprint density at radius 3 is 2.33 bits per heavy atom. The van der Waals surface area contributed by atoms with Crippen LogP contribution in [0.4, 0.5) is 0 Å². The molecule has 8 heteroatoms. The molecule has 0 radical (unpaired) electrons. The van der Waals surface area contributed by atoms with E-state index in [9.17, 15) is 10.2 Å². The Bertz CT molecular complexity index is 346. The molecule has 0 aromatic heterocycles. The molecule has 2 fully saturated rings. The van der Waals surface area contributed by atoms with Gasteiger partial charge in [-0.3, -0.25) is 0 Å². The number of aliphatic hydroxyl groups excluding tert-OH is 2. The molecule has 1 saturated carbocycles. The maximum absolute atomic E-state index is 10.1. The van der Waals surface area contributed by atoms with E-state index in [2.05, 4.69) is 0 Å². The van der Waals surface area contributed by atoms with Gasteiger partial charge in [0.1, 0.15) is 12.2 Å². The zero-order chi connectivity index (χ0) is 15.7. The quantitative estimate of drug-likeness (QED) is 0.329. The Morgan fingerprint density at radius 2 is 1.71 bits per heavy atom. The topological polar surface area (TPSA) is 163 Å². The molecule has 0 amide bonds. The molecule has 0 bridgehead atoms. The Balaban J connectivity index is 2.01. The van der Waals surface area contributed by atoms with Crippen LogP contribution >= 0.6 is 0 Å². The lowest BCUT2D eigenvalue weighted by atomic mass is 9.84. The van der Waals surface area contributed by atoms with Crippen molar-refractivity contribution in [3.63, 3.8) is 0 Å². The van der Waals surface area contributed by atoms with Crippen molar-refractivity contribution in [2.75, 3.05) is 0 Å². The zero-order valence-corrected chi connectivity index (χ0v) is 12.3. The van der Waals surface area contributed by atoms with Crippen LogP contribution in [0.2, 0.25) is 0 Å². The molecule has 10 N–H and O–H groups in total. The Kier molecular flexibility index (Phi) is 5.55. The van der Waals surface area contributed by atoms with Crippen molar-refractivity contribution < 1.29 is 19.7 Å². The minimum absolute atomic E-state index is 0.132. The van der Waals surface area contributed by atoms with Crippen LogP contribution in [-0.4, -0.2) is 65.1 Å². The molecule has 0 spiro atoms. The maximum Gasteiger partial charge on any atom is 0.173 e. The summed E-state index contributed by atoms with van der Waals surface area (Å²) in [4.78, 5) is 0. The van der Waals surface area contributed by atoms with E-state index in [0.717, 1.165) is 12.8 Å². The van der Waals surface area contributed by atoms with Gasteiger partial charge in [0.05, 0.1) is 18.2 Å². The molecule has 0 aromatic carbocycles. The fourth-order valence-electron chi connectivity index (χ4n) is 2.98. The molecule has 2 rings (SSSR count). The van der Waals surface area contributed by atoms with Crippen LogP contribution in [0.1, 0.15) is 26.2 Å². The average Bonchev–Trinajstić information content (AvgIpc) is 2.42. The van der Waals surface area contributed by atoms with Gasteiger partial charge in [-0.1, -0.05) is 0 Å². The van der Waals surface area contributed by atoms with Gasteiger partial charge in [0.25, 0.3) is 0 Å². The van der Waals surface area contributed by atoms with Crippen molar-refractivity contribution in [3.05, 3.63) is 0 Å². The predicted octanol–water partition coefficient (Wildman–Crippen LogP) is -2.67. The van der Waals surface area contributed by atoms with Crippen molar-refractivity contribution in [2.24, 2.45) is 22.9 Å². The van der Waals surface area contributed by atoms with Crippen LogP contribution in [0.25, 0.3) is 0 Å². The van der Waals surface area contributed by atoms with E-state index in [1.807, 2.05) is 6.92 Å². The molecule has 1 heterocycles. The van der Waals surface area contributed by atoms with Crippen molar-refractivity contribution in [1.29, 1.82) is 0 Å². The summed E-state index contributed by atoms with van der Waals surface area (Å²) >= 11 is 0. The molecule has 9 atom stereocenters. The minimum atomic E-state index is -1.16. The molecule has 2 aliphatic rings. The zero-order valence-electron chi connectivity index (χ0n) is 12.3. The molecule has 124 valence electrons. The second-order valence-corrected chi connectivity index (χ2v) is 6.29. The van der Waals surface area contributed by atoms with E-state index < -0.39 is 36.7 Å². The van der Waals surface area contributed by atoms with Gasteiger partial charge in [-0.25, -0.2) is 0 Å². The van der Waals surface area contributed by atoms with E-state index in [1.165, 1.54) is 0 Å². The highest BCUT2D eigenvalue weighted by molar-refractivity contribution is 4.98. The third-order valence-corrected chi connectivity index (χ3v) is 4.41. The van der Waals surface area contributed by atoms with E-state index in [0.29, 0.717) is 6.42 Å².